The number of carbonyl (C=O) groups excluding carboxylic acids is 4. The van der Waals surface area contributed by atoms with Crippen molar-refractivity contribution in [2.75, 3.05) is 26.4 Å². The Balaban J connectivity index is -0.000000451. The van der Waals surface area contributed by atoms with Crippen LogP contribution in [0, 0.1) is 0 Å². The summed E-state index contributed by atoms with van der Waals surface area (Å²) in [6.45, 7) is 7.35. The molecule has 0 aromatic heterocycles. The van der Waals surface area contributed by atoms with Crippen molar-refractivity contribution in [3.05, 3.63) is 23.7 Å². The van der Waals surface area contributed by atoms with Gasteiger partial charge >= 0.3 is 46.9 Å². The molecule has 0 aliphatic rings. The Morgan fingerprint density at radius 2 is 0.897 bits per heavy atom. The molecule has 0 rings (SSSR count). The van der Waals surface area contributed by atoms with Crippen molar-refractivity contribution < 1.29 is 48.3 Å². The smallest absolute Gasteiger partial charge is 0.875 e. The first-order chi connectivity index (χ1) is 13.2. The minimum atomic E-state index is -0.734. The van der Waals surface area contributed by atoms with Crippen molar-refractivity contribution in [3.8, 4) is 0 Å². The van der Waals surface area contributed by atoms with Gasteiger partial charge in [0.15, 0.2) is 0 Å². The Bertz CT molecular complexity index is 519. The summed E-state index contributed by atoms with van der Waals surface area (Å²) < 4.78 is 18.0. The summed E-state index contributed by atoms with van der Waals surface area (Å²) in [5, 5.41) is 21.9. The average Bonchev–Trinajstić information content (AvgIpc) is 2.55. The van der Waals surface area contributed by atoms with Crippen LogP contribution < -0.4 is 10.2 Å². The van der Waals surface area contributed by atoms with Gasteiger partial charge in [0.1, 0.15) is 0 Å². The van der Waals surface area contributed by atoms with Gasteiger partial charge in [-0.15, -0.1) is 11.5 Å². The van der Waals surface area contributed by atoms with Crippen molar-refractivity contribution in [1.29, 1.82) is 0 Å². The van der Waals surface area contributed by atoms with Crippen LogP contribution in [0.1, 0.15) is 40.5 Å². The largest absolute Gasteiger partial charge is 2.00 e. The van der Waals surface area contributed by atoms with E-state index in [1.807, 2.05) is 0 Å². The molecule has 0 aromatic carbocycles. The molecule has 0 saturated carbocycles. The topological polar surface area (TPSA) is 151 Å². The number of ether oxygens (including phenoxy) is 4. The summed E-state index contributed by atoms with van der Waals surface area (Å²) in [6, 6.07) is 0. The Hall–Kier alpha value is -2.27. The molecule has 0 fully saturated rings. The summed E-state index contributed by atoms with van der Waals surface area (Å²) in [5.74, 6) is -3.97. The Morgan fingerprint density at radius 1 is 0.621 bits per heavy atom. The first-order valence-electron chi connectivity index (χ1n) is 8.59. The fourth-order valence-electron chi connectivity index (χ4n) is 1.44. The van der Waals surface area contributed by atoms with E-state index in [4.69, 9.17) is 0 Å². The fraction of sp³-hybridized carbons (Fsp3) is 0.556. The maximum atomic E-state index is 11.0. The van der Waals surface area contributed by atoms with Crippen molar-refractivity contribution >= 4 is 46.9 Å². The molecular weight excluding hydrogens is 400 g/mol. The molecule has 0 N–H and O–H groups in total. The zero-order valence-corrected chi connectivity index (χ0v) is 18.6. The molecule has 0 saturated heterocycles. The zero-order valence-electron chi connectivity index (χ0n) is 17.2. The monoisotopic (exact) mass is 426 g/mol. The summed E-state index contributed by atoms with van der Waals surface area (Å²) in [5.41, 5.74) is 0. The normalized spacial score (nSPS) is 10.5. The molecule has 0 atom stereocenters. The van der Waals surface area contributed by atoms with E-state index in [2.05, 4.69) is 18.9 Å². The Morgan fingerprint density at radius 3 is 1.14 bits per heavy atom. The van der Waals surface area contributed by atoms with Crippen LogP contribution in [0.4, 0.5) is 0 Å². The molecular formula is C18H26MgO10. The van der Waals surface area contributed by atoms with E-state index in [-0.39, 0.29) is 49.5 Å². The third-order valence-corrected chi connectivity index (χ3v) is 2.38. The average molecular weight is 427 g/mol. The molecule has 0 aliphatic carbocycles. The minimum Gasteiger partial charge on any atom is -0.875 e. The van der Waals surface area contributed by atoms with Crippen LogP contribution in [0.2, 0.25) is 0 Å². The van der Waals surface area contributed by atoms with Gasteiger partial charge < -0.3 is 29.2 Å². The fourth-order valence-corrected chi connectivity index (χ4v) is 1.44. The summed E-state index contributed by atoms with van der Waals surface area (Å²) >= 11 is 0. The van der Waals surface area contributed by atoms with E-state index in [1.165, 1.54) is 0 Å². The van der Waals surface area contributed by atoms with Crippen LogP contribution >= 0.6 is 0 Å². The van der Waals surface area contributed by atoms with Gasteiger partial charge in [0.25, 0.3) is 0 Å². The number of rotatable bonds is 10. The van der Waals surface area contributed by atoms with Gasteiger partial charge in [0.2, 0.25) is 0 Å². The van der Waals surface area contributed by atoms with E-state index in [1.54, 1.807) is 27.7 Å². The van der Waals surface area contributed by atoms with Crippen LogP contribution in [0.15, 0.2) is 23.7 Å². The first-order valence-corrected chi connectivity index (χ1v) is 8.59. The third kappa shape index (κ3) is 21.9. The van der Waals surface area contributed by atoms with Crippen molar-refractivity contribution in [2.45, 2.75) is 40.5 Å². The van der Waals surface area contributed by atoms with E-state index >= 15 is 0 Å². The van der Waals surface area contributed by atoms with Crippen LogP contribution in [0.5, 0.6) is 0 Å². The molecule has 0 spiro atoms. The second-order valence-electron chi connectivity index (χ2n) is 4.69. The van der Waals surface area contributed by atoms with Crippen LogP contribution in [0.3, 0.4) is 0 Å². The van der Waals surface area contributed by atoms with Crippen LogP contribution in [-0.2, 0) is 38.1 Å². The molecule has 0 amide bonds. The predicted octanol–water partition coefficient (Wildman–Crippen LogP) is -0.887. The van der Waals surface area contributed by atoms with Gasteiger partial charge in [0.05, 0.1) is 39.3 Å². The second-order valence-corrected chi connectivity index (χ2v) is 4.69. The SMILES string of the molecule is CCOC(=O)/C=C(\[O-])CC(=O)OCC.CCOC(=O)/C=C(\[O-])CC(=O)OCC.[Mg+2]. The molecule has 10 nitrogen and oxygen atoms in total. The molecule has 0 heterocycles. The predicted molar refractivity (Wildman–Crippen MR) is 97.7 cm³/mol. The molecule has 0 bridgehead atoms. The van der Waals surface area contributed by atoms with Crippen molar-refractivity contribution in [1.82, 2.24) is 0 Å². The van der Waals surface area contributed by atoms with Gasteiger partial charge in [-0.05, 0) is 27.7 Å². The minimum absolute atomic E-state index is 0. The first kappa shape index (κ1) is 31.4. The Kier molecular flexibility index (Phi) is 22.2. The quantitative estimate of drug-likeness (QED) is 0.141. The standard InChI is InChI=1S/2C9H14O5.Mg/c2*1-3-13-8(11)5-7(10)6-9(12)14-4-2;/h2*5,10H,3-4,6H2,1-2H3;/q;;+2/p-2/b2*7-5-;. The van der Waals surface area contributed by atoms with E-state index < -0.39 is 48.2 Å². The van der Waals surface area contributed by atoms with Crippen molar-refractivity contribution in [2.24, 2.45) is 0 Å². The summed E-state index contributed by atoms with van der Waals surface area (Å²) in [7, 11) is 0. The number of hydrogen-bond acceptors (Lipinski definition) is 10. The summed E-state index contributed by atoms with van der Waals surface area (Å²) in [4.78, 5) is 43.0. The van der Waals surface area contributed by atoms with Gasteiger partial charge in [-0.2, -0.15) is 0 Å². The molecule has 0 aliphatic heterocycles. The van der Waals surface area contributed by atoms with E-state index in [9.17, 15) is 29.4 Å². The van der Waals surface area contributed by atoms with E-state index in [0.29, 0.717) is 0 Å². The third-order valence-electron chi connectivity index (χ3n) is 2.38. The van der Waals surface area contributed by atoms with Gasteiger partial charge in [-0.25, -0.2) is 9.59 Å². The molecule has 160 valence electrons. The van der Waals surface area contributed by atoms with E-state index in [0.717, 1.165) is 12.2 Å². The van der Waals surface area contributed by atoms with Crippen LogP contribution in [-0.4, -0.2) is 73.4 Å². The van der Waals surface area contributed by atoms with Crippen molar-refractivity contribution in [3.63, 3.8) is 0 Å². The molecule has 0 radical (unpaired) electrons. The zero-order chi connectivity index (χ0) is 21.9. The van der Waals surface area contributed by atoms with Gasteiger partial charge in [0, 0.05) is 12.2 Å². The van der Waals surface area contributed by atoms with Gasteiger partial charge in [-0.3, -0.25) is 9.59 Å². The number of carbonyl (C=O) groups is 4. The molecule has 0 aromatic rings. The number of hydrogen-bond donors (Lipinski definition) is 0. The molecule has 11 heteroatoms. The van der Waals surface area contributed by atoms with Gasteiger partial charge in [-0.1, -0.05) is 0 Å². The number of esters is 4. The second kappa shape index (κ2) is 20.5. The molecule has 29 heavy (non-hydrogen) atoms. The maximum Gasteiger partial charge on any atom is 2.00 e. The maximum absolute atomic E-state index is 11.0. The van der Waals surface area contributed by atoms with Crippen LogP contribution in [0.25, 0.3) is 0 Å². The Labute approximate surface area is 186 Å². The molecule has 0 unspecified atom stereocenters. The summed E-state index contributed by atoms with van der Waals surface area (Å²) in [6.07, 6.45) is 0.653.